The lowest BCUT2D eigenvalue weighted by Crippen LogP contribution is -2.42. The fraction of sp³-hybridized carbons (Fsp3) is 0.125. The van der Waals surface area contributed by atoms with Gasteiger partial charge in [-0.2, -0.15) is 0 Å². The van der Waals surface area contributed by atoms with Crippen molar-refractivity contribution in [3.05, 3.63) is 64.7 Å². The molecule has 21 heavy (non-hydrogen) atoms. The van der Waals surface area contributed by atoms with E-state index in [-0.39, 0.29) is 11.8 Å². The van der Waals surface area contributed by atoms with Gasteiger partial charge in [-0.05, 0) is 23.8 Å². The van der Waals surface area contributed by atoms with Crippen LogP contribution in [0.3, 0.4) is 0 Å². The minimum absolute atomic E-state index is 0.228. The van der Waals surface area contributed by atoms with Gasteiger partial charge in [0.25, 0.3) is 5.91 Å². The number of halogens is 1. The summed E-state index contributed by atoms with van der Waals surface area (Å²) in [6.07, 6.45) is 0.445. The smallest absolute Gasteiger partial charge is 0.254 e. The van der Waals surface area contributed by atoms with Crippen LogP contribution in [0.2, 0.25) is 5.02 Å². The molecule has 106 valence electrons. The van der Waals surface area contributed by atoms with Crippen LogP contribution >= 0.6 is 11.6 Å². The van der Waals surface area contributed by atoms with Crippen LogP contribution < -0.4 is 10.6 Å². The quantitative estimate of drug-likeness (QED) is 0.896. The molecule has 0 unspecified atom stereocenters. The van der Waals surface area contributed by atoms with Gasteiger partial charge in [0, 0.05) is 11.4 Å². The van der Waals surface area contributed by atoms with E-state index in [9.17, 15) is 9.59 Å². The summed E-state index contributed by atoms with van der Waals surface area (Å²) in [5, 5.41) is 5.98. The Morgan fingerprint density at radius 1 is 1.05 bits per heavy atom. The highest BCUT2D eigenvalue weighted by molar-refractivity contribution is 6.31. The molecule has 0 aliphatic carbocycles. The Bertz CT molecular complexity index is 701. The average molecular weight is 301 g/mol. The number of carbonyl (C=O) groups excluding carboxylic acids is 2. The van der Waals surface area contributed by atoms with Crippen LogP contribution in [0.4, 0.5) is 5.69 Å². The lowest BCUT2D eigenvalue weighted by molar-refractivity contribution is -0.117. The first-order valence-corrected chi connectivity index (χ1v) is 6.96. The minimum atomic E-state index is -0.605. The molecule has 1 aliphatic heterocycles. The molecule has 0 aromatic heterocycles. The summed E-state index contributed by atoms with van der Waals surface area (Å²) in [5.41, 5.74) is 1.85. The molecule has 2 amide bonds. The van der Waals surface area contributed by atoms with Gasteiger partial charge in [0.1, 0.15) is 6.04 Å². The van der Waals surface area contributed by atoms with Gasteiger partial charge >= 0.3 is 0 Å². The molecule has 3 rings (SSSR count). The molecule has 1 heterocycles. The number of hydrogen-bond acceptors (Lipinski definition) is 2. The van der Waals surface area contributed by atoms with Crippen LogP contribution in [0.1, 0.15) is 15.9 Å². The third-order valence-electron chi connectivity index (χ3n) is 3.39. The Morgan fingerprint density at radius 2 is 1.81 bits per heavy atom. The van der Waals surface area contributed by atoms with Gasteiger partial charge in [-0.25, -0.2) is 0 Å². The van der Waals surface area contributed by atoms with Gasteiger partial charge < -0.3 is 10.6 Å². The Labute approximate surface area is 127 Å². The molecule has 0 radical (unpaired) electrons. The summed E-state index contributed by atoms with van der Waals surface area (Å²) in [6.45, 7) is 0. The molecule has 0 spiro atoms. The average Bonchev–Trinajstić information content (AvgIpc) is 2.59. The highest BCUT2D eigenvalue weighted by Crippen LogP contribution is 2.23. The van der Waals surface area contributed by atoms with Crippen LogP contribution in [0.25, 0.3) is 0 Å². The van der Waals surface area contributed by atoms with Crippen LogP contribution in [0, 0.1) is 0 Å². The van der Waals surface area contributed by atoms with E-state index in [1.54, 1.807) is 18.2 Å². The third-order valence-corrected chi connectivity index (χ3v) is 3.62. The van der Waals surface area contributed by atoms with Crippen LogP contribution in [0.5, 0.6) is 0 Å². The van der Waals surface area contributed by atoms with Crippen molar-refractivity contribution in [2.45, 2.75) is 12.5 Å². The van der Waals surface area contributed by atoms with E-state index in [1.807, 2.05) is 30.3 Å². The molecule has 0 bridgehead atoms. The van der Waals surface area contributed by atoms with E-state index < -0.39 is 6.04 Å². The second-order valence-corrected chi connectivity index (χ2v) is 5.33. The van der Waals surface area contributed by atoms with Gasteiger partial charge in [0.2, 0.25) is 5.91 Å². The van der Waals surface area contributed by atoms with E-state index in [4.69, 9.17) is 11.6 Å². The van der Waals surface area contributed by atoms with Crippen molar-refractivity contribution >= 4 is 29.1 Å². The maximum Gasteiger partial charge on any atom is 0.254 e. The predicted molar refractivity (Wildman–Crippen MR) is 81.5 cm³/mol. The fourth-order valence-electron chi connectivity index (χ4n) is 2.33. The molecule has 2 aromatic rings. The monoisotopic (exact) mass is 300 g/mol. The maximum absolute atomic E-state index is 12.3. The first-order chi connectivity index (χ1) is 10.1. The third kappa shape index (κ3) is 2.90. The highest BCUT2D eigenvalue weighted by atomic mass is 35.5. The van der Waals surface area contributed by atoms with Crippen molar-refractivity contribution in [1.29, 1.82) is 0 Å². The van der Waals surface area contributed by atoms with Gasteiger partial charge in [0.15, 0.2) is 0 Å². The lowest BCUT2D eigenvalue weighted by Gasteiger charge is -2.14. The normalized spacial score (nSPS) is 17.5. The summed E-state index contributed by atoms with van der Waals surface area (Å²) < 4.78 is 0. The zero-order chi connectivity index (χ0) is 14.8. The molecule has 0 fully saturated rings. The van der Waals surface area contributed by atoms with E-state index in [1.165, 1.54) is 0 Å². The Kier molecular flexibility index (Phi) is 3.62. The van der Waals surface area contributed by atoms with Crippen LogP contribution in [-0.4, -0.2) is 17.9 Å². The molecule has 2 aromatic carbocycles. The highest BCUT2D eigenvalue weighted by Gasteiger charge is 2.27. The number of amides is 2. The number of rotatable bonds is 2. The Balaban J connectivity index is 1.87. The summed E-state index contributed by atoms with van der Waals surface area (Å²) in [4.78, 5) is 24.5. The van der Waals surface area contributed by atoms with E-state index in [0.29, 0.717) is 22.7 Å². The van der Waals surface area contributed by atoms with Crippen molar-refractivity contribution in [3.8, 4) is 0 Å². The van der Waals surface area contributed by atoms with Gasteiger partial charge in [-0.1, -0.05) is 41.9 Å². The number of nitrogens with one attached hydrogen (secondary N) is 2. The van der Waals surface area contributed by atoms with E-state index >= 15 is 0 Å². The topological polar surface area (TPSA) is 58.2 Å². The first kappa shape index (κ1) is 13.6. The SMILES string of the molecule is O=C1N[C@H](Cc2ccccc2)C(=O)Nc2ccc(Cl)cc21. The van der Waals surface area contributed by atoms with Gasteiger partial charge in [0.05, 0.1) is 11.3 Å². The summed E-state index contributed by atoms with van der Waals surface area (Å²) in [6, 6.07) is 13.8. The standard InChI is InChI=1S/C16H13ClN2O2/c17-11-6-7-13-12(9-11)15(20)19-14(16(21)18-13)8-10-4-2-1-3-5-10/h1-7,9,14H,8H2,(H,18,21)(H,19,20)/t14-/m1/s1. The summed E-state index contributed by atoms with van der Waals surface area (Å²) in [5.74, 6) is -0.528. The Hall–Kier alpha value is -2.33. The summed E-state index contributed by atoms with van der Waals surface area (Å²) >= 11 is 5.91. The number of benzene rings is 2. The second kappa shape index (κ2) is 5.58. The zero-order valence-electron chi connectivity index (χ0n) is 11.1. The van der Waals surface area contributed by atoms with Crippen molar-refractivity contribution in [1.82, 2.24) is 5.32 Å². The maximum atomic E-state index is 12.3. The molecule has 0 saturated carbocycles. The number of fused-ring (bicyclic) bond motifs is 1. The van der Waals surface area contributed by atoms with Crippen LogP contribution in [0.15, 0.2) is 48.5 Å². The molecule has 0 saturated heterocycles. The minimum Gasteiger partial charge on any atom is -0.340 e. The molecule has 1 aliphatic rings. The largest absolute Gasteiger partial charge is 0.340 e. The molecule has 4 nitrogen and oxygen atoms in total. The van der Waals surface area contributed by atoms with Crippen molar-refractivity contribution in [2.75, 3.05) is 5.32 Å². The van der Waals surface area contributed by atoms with Crippen molar-refractivity contribution < 1.29 is 9.59 Å². The number of anilines is 1. The summed E-state index contributed by atoms with van der Waals surface area (Å²) in [7, 11) is 0. The van der Waals surface area contributed by atoms with Gasteiger partial charge in [-0.3, -0.25) is 9.59 Å². The fourth-order valence-corrected chi connectivity index (χ4v) is 2.50. The van der Waals surface area contributed by atoms with Crippen LogP contribution in [-0.2, 0) is 11.2 Å². The number of carbonyl (C=O) groups is 2. The zero-order valence-corrected chi connectivity index (χ0v) is 11.9. The molecule has 2 N–H and O–H groups in total. The lowest BCUT2D eigenvalue weighted by atomic mass is 10.1. The van der Waals surface area contributed by atoms with E-state index in [2.05, 4.69) is 10.6 Å². The van der Waals surface area contributed by atoms with E-state index in [0.717, 1.165) is 5.56 Å². The van der Waals surface area contributed by atoms with Crippen molar-refractivity contribution in [3.63, 3.8) is 0 Å². The number of hydrogen-bond donors (Lipinski definition) is 2. The molecular weight excluding hydrogens is 288 g/mol. The molecule has 5 heteroatoms. The van der Waals surface area contributed by atoms with Crippen molar-refractivity contribution in [2.24, 2.45) is 0 Å². The Morgan fingerprint density at radius 3 is 2.57 bits per heavy atom. The molecule has 1 atom stereocenters. The second-order valence-electron chi connectivity index (χ2n) is 4.89. The molecular formula is C16H13ClN2O2. The first-order valence-electron chi connectivity index (χ1n) is 6.59. The predicted octanol–water partition coefficient (Wildman–Crippen LogP) is 2.63. The van der Waals surface area contributed by atoms with Gasteiger partial charge in [-0.15, -0.1) is 0 Å².